The second kappa shape index (κ2) is 8.78. The Bertz CT molecular complexity index is 689. The number of likely N-dealkylation sites (tertiary alicyclic amines) is 1. The monoisotopic (exact) mass is 373 g/mol. The summed E-state index contributed by atoms with van der Waals surface area (Å²) in [5.74, 6) is 1.42. The van der Waals surface area contributed by atoms with E-state index in [-0.39, 0.29) is 17.7 Å². The lowest BCUT2D eigenvalue weighted by Gasteiger charge is -2.32. The molecule has 0 radical (unpaired) electrons. The Kier molecular flexibility index (Phi) is 6.42. The second-order valence-electron chi connectivity index (χ2n) is 7.53. The molecule has 27 heavy (non-hydrogen) atoms. The van der Waals surface area contributed by atoms with Gasteiger partial charge in [0.25, 0.3) is 0 Å². The molecule has 0 saturated carbocycles. The van der Waals surface area contributed by atoms with Crippen LogP contribution >= 0.6 is 0 Å². The zero-order valence-corrected chi connectivity index (χ0v) is 16.8. The predicted molar refractivity (Wildman–Crippen MR) is 103 cm³/mol. The van der Waals surface area contributed by atoms with Gasteiger partial charge in [-0.1, -0.05) is 0 Å². The van der Waals surface area contributed by atoms with Crippen molar-refractivity contribution in [1.82, 2.24) is 24.7 Å². The highest BCUT2D eigenvalue weighted by atomic mass is 16.2. The molecule has 0 N–H and O–H groups in total. The van der Waals surface area contributed by atoms with Crippen LogP contribution in [0.25, 0.3) is 0 Å². The van der Waals surface area contributed by atoms with Crippen LogP contribution in [0.2, 0.25) is 0 Å². The van der Waals surface area contributed by atoms with Crippen LogP contribution in [-0.4, -0.2) is 75.8 Å². The summed E-state index contributed by atoms with van der Waals surface area (Å²) in [5.41, 5.74) is 2.23. The first-order chi connectivity index (χ1) is 13.0. The molecular weight excluding hydrogens is 342 g/mol. The smallest absolute Gasteiger partial charge is 0.236 e. The molecule has 3 heterocycles. The summed E-state index contributed by atoms with van der Waals surface area (Å²) in [5, 5.41) is 0. The van der Waals surface area contributed by atoms with Gasteiger partial charge < -0.3 is 9.80 Å². The molecular formula is C20H31N5O2. The van der Waals surface area contributed by atoms with E-state index in [1.54, 1.807) is 6.92 Å². The number of carbonyl (C=O) groups excluding carboxylic acids is 2. The number of hydrogen-bond acceptors (Lipinski definition) is 5. The van der Waals surface area contributed by atoms with Gasteiger partial charge in [0.1, 0.15) is 5.82 Å². The van der Waals surface area contributed by atoms with E-state index in [9.17, 15) is 9.59 Å². The normalized spacial score (nSPS) is 20.3. The van der Waals surface area contributed by atoms with Crippen LogP contribution in [0.1, 0.15) is 56.6 Å². The van der Waals surface area contributed by atoms with Crippen LogP contribution in [0.3, 0.4) is 0 Å². The highest BCUT2D eigenvalue weighted by Crippen LogP contribution is 2.26. The maximum atomic E-state index is 12.4. The van der Waals surface area contributed by atoms with E-state index in [4.69, 9.17) is 4.98 Å². The molecule has 7 nitrogen and oxygen atoms in total. The molecule has 1 atom stereocenters. The number of hydrogen-bond donors (Lipinski definition) is 0. The molecule has 2 amide bonds. The van der Waals surface area contributed by atoms with Gasteiger partial charge in [0, 0.05) is 76.0 Å². The van der Waals surface area contributed by atoms with Gasteiger partial charge >= 0.3 is 0 Å². The summed E-state index contributed by atoms with van der Waals surface area (Å²) in [7, 11) is 0. The molecule has 0 unspecified atom stereocenters. The highest BCUT2D eigenvalue weighted by molar-refractivity contribution is 5.78. The zero-order valence-electron chi connectivity index (χ0n) is 16.8. The van der Waals surface area contributed by atoms with E-state index in [2.05, 4.69) is 9.88 Å². The van der Waals surface area contributed by atoms with Crippen molar-refractivity contribution in [2.75, 3.05) is 39.3 Å². The van der Waals surface area contributed by atoms with E-state index in [1.807, 2.05) is 29.8 Å². The fourth-order valence-corrected chi connectivity index (χ4v) is 4.06. The Morgan fingerprint density at radius 1 is 1.26 bits per heavy atom. The second-order valence-corrected chi connectivity index (χ2v) is 7.53. The van der Waals surface area contributed by atoms with Crippen LogP contribution in [0.5, 0.6) is 0 Å². The van der Waals surface area contributed by atoms with Crippen molar-refractivity contribution in [2.24, 2.45) is 0 Å². The Balaban J connectivity index is 1.64. The highest BCUT2D eigenvalue weighted by Gasteiger charge is 2.27. The van der Waals surface area contributed by atoms with Gasteiger partial charge in [-0.25, -0.2) is 9.97 Å². The molecule has 0 bridgehead atoms. The minimum atomic E-state index is 0.131. The third-order valence-electron chi connectivity index (χ3n) is 5.74. The lowest BCUT2D eigenvalue weighted by atomic mass is 9.96. The molecule has 0 aromatic carbocycles. The van der Waals surface area contributed by atoms with E-state index in [0.717, 1.165) is 75.6 Å². The van der Waals surface area contributed by atoms with Gasteiger partial charge in [-0.05, 0) is 26.7 Å². The van der Waals surface area contributed by atoms with Gasteiger partial charge in [0.05, 0.1) is 6.54 Å². The molecule has 2 aliphatic rings. The van der Waals surface area contributed by atoms with Crippen LogP contribution < -0.4 is 0 Å². The zero-order chi connectivity index (χ0) is 19.4. The summed E-state index contributed by atoms with van der Waals surface area (Å²) in [6, 6.07) is 0. The molecule has 3 rings (SSSR count). The number of likely N-dealkylation sites (N-methyl/N-ethyl adjacent to an activating group) is 1. The van der Waals surface area contributed by atoms with E-state index < -0.39 is 0 Å². The molecule has 2 aliphatic heterocycles. The van der Waals surface area contributed by atoms with Crippen LogP contribution in [0.15, 0.2) is 6.20 Å². The lowest BCUT2D eigenvalue weighted by molar-refractivity contribution is -0.132. The Morgan fingerprint density at radius 3 is 2.74 bits per heavy atom. The molecule has 1 aromatic heterocycles. The minimum absolute atomic E-state index is 0.131. The topological polar surface area (TPSA) is 69.6 Å². The summed E-state index contributed by atoms with van der Waals surface area (Å²) < 4.78 is 0. The fourth-order valence-electron chi connectivity index (χ4n) is 4.06. The van der Waals surface area contributed by atoms with E-state index in [1.165, 1.54) is 0 Å². The van der Waals surface area contributed by atoms with Crippen molar-refractivity contribution in [3.8, 4) is 0 Å². The average Bonchev–Trinajstić information content (AvgIpc) is 2.68. The molecule has 1 saturated heterocycles. The number of nitrogens with zero attached hydrogens (tertiary/aromatic N) is 5. The SMILES string of the molecule is CCN(CC)C(=O)CN1CCc2nc([C@H]3CCCN(C(C)=O)C3)ncc2C1. The number of rotatable bonds is 5. The average molecular weight is 374 g/mol. The third kappa shape index (κ3) is 4.64. The Hall–Kier alpha value is -2.02. The van der Waals surface area contributed by atoms with Gasteiger partial charge in [-0.2, -0.15) is 0 Å². The maximum absolute atomic E-state index is 12.4. The number of carbonyl (C=O) groups is 2. The Labute approximate surface area is 161 Å². The van der Waals surface area contributed by atoms with Gasteiger partial charge in [-0.3, -0.25) is 14.5 Å². The number of aromatic nitrogens is 2. The summed E-state index contributed by atoms with van der Waals surface area (Å²) in [6.07, 6.45) is 4.82. The van der Waals surface area contributed by atoms with Crippen molar-refractivity contribution in [2.45, 2.75) is 52.5 Å². The first-order valence-electron chi connectivity index (χ1n) is 10.1. The van der Waals surface area contributed by atoms with E-state index in [0.29, 0.717) is 6.54 Å². The van der Waals surface area contributed by atoms with Crippen molar-refractivity contribution in [3.05, 3.63) is 23.3 Å². The summed E-state index contributed by atoms with van der Waals surface area (Å²) in [6.45, 7) is 10.8. The third-order valence-corrected chi connectivity index (χ3v) is 5.74. The van der Waals surface area contributed by atoms with Gasteiger partial charge in [0.2, 0.25) is 11.8 Å². The van der Waals surface area contributed by atoms with Crippen LogP contribution in [0.4, 0.5) is 0 Å². The Morgan fingerprint density at radius 2 is 2.04 bits per heavy atom. The predicted octanol–water partition coefficient (Wildman–Crippen LogP) is 1.43. The number of amides is 2. The maximum Gasteiger partial charge on any atom is 0.236 e. The van der Waals surface area contributed by atoms with Crippen molar-refractivity contribution >= 4 is 11.8 Å². The molecule has 1 fully saturated rings. The molecule has 1 aromatic rings. The first-order valence-corrected chi connectivity index (χ1v) is 10.1. The standard InChI is InChI=1S/C20H31N5O2/c1-4-24(5-2)19(27)14-23-10-8-18-17(12-23)11-21-20(22-18)16-7-6-9-25(13-16)15(3)26/h11,16H,4-10,12-14H2,1-3H3/t16-/m0/s1. The van der Waals surface area contributed by atoms with Gasteiger partial charge in [-0.15, -0.1) is 0 Å². The number of fused-ring (bicyclic) bond motifs is 1. The summed E-state index contributed by atoms with van der Waals surface area (Å²) >= 11 is 0. The molecule has 0 aliphatic carbocycles. The minimum Gasteiger partial charge on any atom is -0.342 e. The van der Waals surface area contributed by atoms with Crippen LogP contribution in [-0.2, 0) is 22.6 Å². The first kappa shape index (κ1) is 19.7. The largest absolute Gasteiger partial charge is 0.342 e. The molecule has 0 spiro atoms. The quantitative estimate of drug-likeness (QED) is 0.781. The fraction of sp³-hybridized carbons (Fsp3) is 0.700. The van der Waals surface area contributed by atoms with Crippen molar-refractivity contribution in [3.63, 3.8) is 0 Å². The van der Waals surface area contributed by atoms with Gasteiger partial charge in [0.15, 0.2) is 0 Å². The number of piperidine rings is 1. The van der Waals surface area contributed by atoms with Crippen LogP contribution in [0, 0.1) is 0 Å². The van der Waals surface area contributed by atoms with Crippen molar-refractivity contribution < 1.29 is 9.59 Å². The molecule has 7 heteroatoms. The van der Waals surface area contributed by atoms with Crippen molar-refractivity contribution in [1.29, 1.82) is 0 Å². The van der Waals surface area contributed by atoms with E-state index >= 15 is 0 Å². The lowest BCUT2D eigenvalue weighted by Crippen LogP contribution is -2.42. The molecule has 148 valence electrons. The summed E-state index contributed by atoms with van der Waals surface area (Å²) in [4.78, 5) is 39.4.